The smallest absolute Gasteiger partial charge is 0.00199 e. The van der Waals surface area contributed by atoms with E-state index in [0.29, 0.717) is 0 Å². The zero-order valence-corrected chi connectivity index (χ0v) is 20.7. The molecule has 0 bridgehead atoms. The molecule has 9 aromatic rings. The molecule has 174 valence electrons. The molecule has 9 rings (SSSR count). The van der Waals surface area contributed by atoms with Crippen LogP contribution < -0.4 is 0 Å². The normalized spacial score (nSPS) is 12.2. The Morgan fingerprint density at radius 3 is 1.24 bits per heavy atom. The third kappa shape index (κ3) is 2.69. The summed E-state index contributed by atoms with van der Waals surface area (Å²) in [6.45, 7) is 0. The summed E-state index contributed by atoms with van der Waals surface area (Å²) in [5.41, 5.74) is 0. The van der Waals surface area contributed by atoms with Crippen molar-refractivity contribution in [2.45, 2.75) is 0 Å². The van der Waals surface area contributed by atoms with E-state index in [9.17, 15) is 0 Å². The number of rotatable bonds is 0. The van der Waals surface area contributed by atoms with Crippen molar-refractivity contribution in [1.82, 2.24) is 0 Å². The summed E-state index contributed by atoms with van der Waals surface area (Å²) in [7, 11) is 0. The molecule has 0 saturated heterocycles. The minimum Gasteiger partial charge on any atom is -0.0616 e. The van der Waals surface area contributed by atoms with Crippen LogP contribution in [0.5, 0.6) is 0 Å². The SMILES string of the molecule is c1ccc2cc3cc4cc5c(cc4cc3cc2c1)c1ccc2ccccc2c1c1ccc2ccccc2c51. The maximum absolute atomic E-state index is 2.43. The zero-order valence-electron chi connectivity index (χ0n) is 20.7. The highest BCUT2D eigenvalue weighted by atomic mass is 14.2. The van der Waals surface area contributed by atoms with E-state index in [1.165, 1.54) is 86.2 Å². The van der Waals surface area contributed by atoms with E-state index in [-0.39, 0.29) is 0 Å². The lowest BCUT2D eigenvalue weighted by atomic mass is 9.87. The Labute approximate surface area is 219 Å². The van der Waals surface area contributed by atoms with Gasteiger partial charge in [0.05, 0.1) is 0 Å². The Morgan fingerprint density at radius 1 is 0.211 bits per heavy atom. The van der Waals surface area contributed by atoms with Crippen LogP contribution in [0.3, 0.4) is 0 Å². The number of fused-ring (bicyclic) bond motifs is 13. The number of benzene rings is 9. The molecule has 0 radical (unpaired) electrons. The number of hydrogen-bond donors (Lipinski definition) is 0. The largest absolute Gasteiger partial charge is 0.0616 e. The second kappa shape index (κ2) is 7.31. The fourth-order valence-electron chi connectivity index (χ4n) is 6.73. The summed E-state index contributed by atoms with van der Waals surface area (Å²) in [6.07, 6.45) is 0. The van der Waals surface area contributed by atoms with Crippen molar-refractivity contribution in [2.75, 3.05) is 0 Å². The molecular weight excluding hydrogens is 456 g/mol. The van der Waals surface area contributed by atoms with Crippen LogP contribution in [0.1, 0.15) is 0 Å². The molecule has 0 aromatic heterocycles. The predicted molar refractivity (Wildman–Crippen MR) is 166 cm³/mol. The highest BCUT2D eigenvalue weighted by Gasteiger charge is 2.15. The highest BCUT2D eigenvalue weighted by Crippen LogP contribution is 2.43. The van der Waals surface area contributed by atoms with Crippen LogP contribution in [0.15, 0.2) is 133 Å². The standard InChI is InChI=1S/C38H22/c1-2-10-26-18-28-20-30-22-36-35(21-29(30)19-27(28)17-25(26)9-1)33-15-13-23-7-3-5-11-31(23)37(33)34-16-14-24-8-4-6-12-32(24)38(34)36/h1-22H. The van der Waals surface area contributed by atoms with Crippen LogP contribution in [-0.2, 0) is 0 Å². The van der Waals surface area contributed by atoms with Crippen molar-refractivity contribution in [3.63, 3.8) is 0 Å². The maximum Gasteiger partial charge on any atom is -0.00199 e. The van der Waals surface area contributed by atoms with Gasteiger partial charge in [-0.3, -0.25) is 0 Å². The fourth-order valence-corrected chi connectivity index (χ4v) is 6.73. The van der Waals surface area contributed by atoms with E-state index in [1.807, 2.05) is 0 Å². The van der Waals surface area contributed by atoms with Crippen molar-refractivity contribution in [1.29, 1.82) is 0 Å². The van der Waals surface area contributed by atoms with Crippen molar-refractivity contribution < 1.29 is 0 Å². The Morgan fingerprint density at radius 2 is 0.632 bits per heavy atom. The van der Waals surface area contributed by atoms with E-state index in [4.69, 9.17) is 0 Å². The summed E-state index contributed by atoms with van der Waals surface area (Å²) in [4.78, 5) is 0. The van der Waals surface area contributed by atoms with Gasteiger partial charge in [0.1, 0.15) is 0 Å². The molecule has 0 N–H and O–H groups in total. The number of hydrogen-bond acceptors (Lipinski definition) is 0. The van der Waals surface area contributed by atoms with E-state index in [0.717, 1.165) is 0 Å². The summed E-state index contributed by atoms with van der Waals surface area (Å²) < 4.78 is 0. The van der Waals surface area contributed by atoms with Crippen LogP contribution in [0.2, 0.25) is 0 Å². The molecule has 0 fully saturated rings. The van der Waals surface area contributed by atoms with Crippen LogP contribution >= 0.6 is 0 Å². The van der Waals surface area contributed by atoms with Gasteiger partial charge < -0.3 is 0 Å². The molecular formula is C38H22. The first kappa shape index (κ1) is 20.2. The summed E-state index contributed by atoms with van der Waals surface area (Å²) in [5, 5.41) is 20.9. The van der Waals surface area contributed by atoms with Crippen LogP contribution in [0.4, 0.5) is 0 Å². The Hall–Kier alpha value is -4.94. The average Bonchev–Trinajstić information content (AvgIpc) is 2.97. The highest BCUT2D eigenvalue weighted by molar-refractivity contribution is 6.36. The van der Waals surface area contributed by atoms with Gasteiger partial charge in [0.15, 0.2) is 0 Å². The first-order chi connectivity index (χ1) is 18.8. The minimum atomic E-state index is 1.28. The second-order valence-corrected chi connectivity index (χ2v) is 10.6. The molecule has 0 unspecified atom stereocenters. The monoisotopic (exact) mass is 478 g/mol. The summed E-state index contributed by atoms with van der Waals surface area (Å²) >= 11 is 0. The first-order valence-electron chi connectivity index (χ1n) is 13.3. The molecule has 0 saturated carbocycles. The van der Waals surface area contributed by atoms with Gasteiger partial charge >= 0.3 is 0 Å². The molecule has 0 amide bonds. The molecule has 38 heavy (non-hydrogen) atoms. The van der Waals surface area contributed by atoms with Gasteiger partial charge in [-0.25, -0.2) is 0 Å². The van der Waals surface area contributed by atoms with E-state index in [2.05, 4.69) is 133 Å². The second-order valence-electron chi connectivity index (χ2n) is 10.6. The van der Waals surface area contributed by atoms with E-state index < -0.39 is 0 Å². The Kier molecular flexibility index (Phi) is 3.88. The quantitative estimate of drug-likeness (QED) is 0.150. The molecule has 0 heterocycles. The van der Waals surface area contributed by atoms with Crippen molar-refractivity contribution >= 4 is 86.2 Å². The minimum absolute atomic E-state index is 1.28. The van der Waals surface area contributed by atoms with Crippen molar-refractivity contribution in [3.05, 3.63) is 133 Å². The molecule has 0 aliphatic heterocycles. The Bertz CT molecular complexity index is 2440. The van der Waals surface area contributed by atoms with E-state index >= 15 is 0 Å². The van der Waals surface area contributed by atoms with Crippen LogP contribution in [-0.4, -0.2) is 0 Å². The first-order valence-corrected chi connectivity index (χ1v) is 13.3. The maximum atomic E-state index is 2.43. The molecule has 0 aliphatic carbocycles. The average molecular weight is 479 g/mol. The van der Waals surface area contributed by atoms with Crippen molar-refractivity contribution in [3.8, 4) is 0 Å². The summed E-state index contributed by atoms with van der Waals surface area (Å²) in [5.74, 6) is 0. The van der Waals surface area contributed by atoms with Crippen LogP contribution in [0.25, 0.3) is 86.2 Å². The molecule has 0 aliphatic rings. The topological polar surface area (TPSA) is 0 Å². The molecule has 0 heteroatoms. The molecule has 0 spiro atoms. The van der Waals surface area contributed by atoms with Gasteiger partial charge in [0, 0.05) is 0 Å². The van der Waals surface area contributed by atoms with Gasteiger partial charge in [-0.05, 0) is 123 Å². The predicted octanol–water partition coefficient (Wildman–Crippen LogP) is 10.9. The third-order valence-corrected chi connectivity index (χ3v) is 8.48. The van der Waals surface area contributed by atoms with Gasteiger partial charge in [-0.15, -0.1) is 0 Å². The van der Waals surface area contributed by atoms with Crippen LogP contribution in [0, 0.1) is 0 Å². The van der Waals surface area contributed by atoms with Gasteiger partial charge in [0.25, 0.3) is 0 Å². The van der Waals surface area contributed by atoms with Gasteiger partial charge in [-0.1, -0.05) is 97.1 Å². The lowest BCUT2D eigenvalue weighted by Gasteiger charge is -2.16. The fraction of sp³-hybridized carbons (Fsp3) is 0. The lowest BCUT2D eigenvalue weighted by Crippen LogP contribution is -1.88. The van der Waals surface area contributed by atoms with Gasteiger partial charge in [-0.2, -0.15) is 0 Å². The van der Waals surface area contributed by atoms with E-state index in [1.54, 1.807) is 0 Å². The lowest BCUT2D eigenvalue weighted by molar-refractivity contribution is 1.78. The summed E-state index contributed by atoms with van der Waals surface area (Å²) in [6, 6.07) is 49.7. The third-order valence-electron chi connectivity index (χ3n) is 8.48. The zero-order chi connectivity index (χ0) is 24.8. The molecule has 0 atom stereocenters. The van der Waals surface area contributed by atoms with Crippen molar-refractivity contribution in [2.24, 2.45) is 0 Å². The Balaban J connectivity index is 1.54. The molecule has 9 aromatic carbocycles. The molecule has 0 nitrogen and oxygen atoms in total. The van der Waals surface area contributed by atoms with Gasteiger partial charge in [0.2, 0.25) is 0 Å².